The van der Waals surface area contributed by atoms with E-state index in [-0.39, 0.29) is 30.4 Å². The van der Waals surface area contributed by atoms with Crippen LogP contribution in [0.15, 0.2) is 24.3 Å². The molecule has 110 valence electrons. The van der Waals surface area contributed by atoms with Gasteiger partial charge >= 0.3 is 5.97 Å². The van der Waals surface area contributed by atoms with Gasteiger partial charge in [0.15, 0.2) is 0 Å². The predicted octanol–water partition coefficient (Wildman–Crippen LogP) is 1.94. The molecule has 1 aromatic carbocycles. The van der Waals surface area contributed by atoms with Gasteiger partial charge in [-0.15, -0.1) is 0 Å². The SMILES string of the molecule is CC(CCNC(=O)Cc1ccc(O)cc1)CCC(=O)O. The summed E-state index contributed by atoms with van der Waals surface area (Å²) in [5.41, 5.74) is 0.847. The van der Waals surface area contributed by atoms with Gasteiger partial charge < -0.3 is 15.5 Å². The number of carbonyl (C=O) groups excluding carboxylic acids is 1. The number of benzene rings is 1. The number of carbonyl (C=O) groups is 2. The molecule has 1 unspecified atom stereocenters. The molecule has 0 saturated carbocycles. The molecule has 0 spiro atoms. The Labute approximate surface area is 118 Å². The summed E-state index contributed by atoms with van der Waals surface area (Å²) in [5, 5.41) is 20.5. The van der Waals surface area contributed by atoms with Gasteiger partial charge in [-0.1, -0.05) is 19.1 Å². The molecule has 1 atom stereocenters. The van der Waals surface area contributed by atoms with Crippen molar-refractivity contribution in [1.82, 2.24) is 5.32 Å². The van der Waals surface area contributed by atoms with E-state index in [1.165, 1.54) is 0 Å². The quantitative estimate of drug-likeness (QED) is 0.678. The van der Waals surface area contributed by atoms with Crippen LogP contribution in [0.1, 0.15) is 31.7 Å². The van der Waals surface area contributed by atoms with E-state index in [1.54, 1.807) is 24.3 Å². The zero-order valence-corrected chi connectivity index (χ0v) is 11.6. The standard InChI is InChI=1S/C15H21NO4/c1-11(2-7-15(19)20)8-9-16-14(18)10-12-3-5-13(17)6-4-12/h3-6,11,17H,2,7-10H2,1H3,(H,16,18)(H,19,20). The first-order chi connectivity index (χ1) is 9.47. The Morgan fingerprint density at radius 3 is 2.45 bits per heavy atom. The smallest absolute Gasteiger partial charge is 0.303 e. The van der Waals surface area contributed by atoms with Crippen LogP contribution in [0.4, 0.5) is 0 Å². The van der Waals surface area contributed by atoms with Crippen LogP contribution in [0.3, 0.4) is 0 Å². The average molecular weight is 279 g/mol. The Bertz CT molecular complexity index is 442. The molecule has 0 saturated heterocycles. The predicted molar refractivity (Wildman–Crippen MR) is 75.5 cm³/mol. The number of hydrogen-bond acceptors (Lipinski definition) is 3. The lowest BCUT2D eigenvalue weighted by Gasteiger charge is -2.10. The van der Waals surface area contributed by atoms with Crippen LogP contribution in [0.25, 0.3) is 0 Å². The molecule has 1 rings (SSSR count). The van der Waals surface area contributed by atoms with Gasteiger partial charge in [0.1, 0.15) is 5.75 Å². The minimum atomic E-state index is -0.784. The second kappa shape index (κ2) is 8.19. The monoisotopic (exact) mass is 279 g/mol. The lowest BCUT2D eigenvalue weighted by atomic mass is 10.0. The summed E-state index contributed by atoms with van der Waals surface area (Å²) in [6.07, 6.45) is 1.85. The van der Waals surface area contributed by atoms with Gasteiger partial charge in [-0.05, 0) is 36.5 Å². The largest absolute Gasteiger partial charge is 0.508 e. The van der Waals surface area contributed by atoms with Crippen molar-refractivity contribution in [3.8, 4) is 5.75 Å². The number of aromatic hydroxyl groups is 1. The van der Waals surface area contributed by atoms with Gasteiger partial charge in [0.2, 0.25) is 5.91 Å². The van der Waals surface area contributed by atoms with Crippen molar-refractivity contribution in [1.29, 1.82) is 0 Å². The van der Waals surface area contributed by atoms with E-state index in [0.29, 0.717) is 13.0 Å². The zero-order chi connectivity index (χ0) is 15.0. The van der Waals surface area contributed by atoms with Crippen LogP contribution in [0.5, 0.6) is 5.75 Å². The molecule has 0 aliphatic carbocycles. The number of carboxylic acids is 1. The van der Waals surface area contributed by atoms with E-state index in [4.69, 9.17) is 10.2 Å². The highest BCUT2D eigenvalue weighted by atomic mass is 16.4. The molecule has 3 N–H and O–H groups in total. The van der Waals surface area contributed by atoms with Gasteiger partial charge in [0, 0.05) is 13.0 Å². The highest BCUT2D eigenvalue weighted by Crippen LogP contribution is 2.11. The molecule has 0 fully saturated rings. The van der Waals surface area contributed by atoms with Gasteiger partial charge in [-0.3, -0.25) is 9.59 Å². The highest BCUT2D eigenvalue weighted by molar-refractivity contribution is 5.78. The molecule has 0 bridgehead atoms. The normalized spacial score (nSPS) is 11.8. The molecular formula is C15H21NO4. The van der Waals surface area contributed by atoms with E-state index in [1.807, 2.05) is 6.92 Å². The van der Waals surface area contributed by atoms with E-state index < -0.39 is 5.97 Å². The number of phenols is 1. The summed E-state index contributed by atoms with van der Waals surface area (Å²) < 4.78 is 0. The fourth-order valence-corrected chi connectivity index (χ4v) is 1.83. The van der Waals surface area contributed by atoms with Crippen LogP contribution in [0.2, 0.25) is 0 Å². The molecule has 0 radical (unpaired) electrons. The lowest BCUT2D eigenvalue weighted by Crippen LogP contribution is -2.27. The summed E-state index contributed by atoms with van der Waals surface area (Å²) >= 11 is 0. The topological polar surface area (TPSA) is 86.6 Å². The summed E-state index contributed by atoms with van der Waals surface area (Å²) in [6, 6.07) is 6.53. The second-order valence-electron chi connectivity index (χ2n) is 5.02. The minimum Gasteiger partial charge on any atom is -0.508 e. The van der Waals surface area contributed by atoms with Crippen molar-refractivity contribution in [2.24, 2.45) is 5.92 Å². The van der Waals surface area contributed by atoms with Crippen LogP contribution >= 0.6 is 0 Å². The Hall–Kier alpha value is -2.04. The molecule has 1 aromatic rings. The summed E-state index contributed by atoms with van der Waals surface area (Å²) in [5.74, 6) is -0.393. The molecule has 0 aliphatic rings. The van der Waals surface area contributed by atoms with E-state index in [0.717, 1.165) is 12.0 Å². The van der Waals surface area contributed by atoms with Crippen LogP contribution < -0.4 is 5.32 Å². The summed E-state index contributed by atoms with van der Waals surface area (Å²) in [4.78, 5) is 22.1. The number of nitrogens with one attached hydrogen (secondary N) is 1. The third-order valence-corrected chi connectivity index (χ3v) is 3.11. The number of rotatable bonds is 8. The first-order valence-electron chi connectivity index (χ1n) is 6.73. The minimum absolute atomic E-state index is 0.0684. The number of phenolic OH excluding ortho intramolecular Hbond substituents is 1. The fourth-order valence-electron chi connectivity index (χ4n) is 1.83. The van der Waals surface area contributed by atoms with E-state index in [2.05, 4.69) is 5.32 Å². The van der Waals surface area contributed by atoms with E-state index in [9.17, 15) is 9.59 Å². The summed E-state index contributed by atoms with van der Waals surface area (Å²) in [6.45, 7) is 2.53. The first-order valence-corrected chi connectivity index (χ1v) is 6.73. The molecule has 5 heteroatoms. The van der Waals surface area contributed by atoms with Crippen molar-refractivity contribution in [2.45, 2.75) is 32.6 Å². The fraction of sp³-hybridized carbons (Fsp3) is 0.467. The molecule has 5 nitrogen and oxygen atoms in total. The number of aliphatic carboxylic acids is 1. The third-order valence-electron chi connectivity index (χ3n) is 3.11. The average Bonchev–Trinajstić information content (AvgIpc) is 2.39. The van der Waals surface area contributed by atoms with Crippen molar-refractivity contribution < 1.29 is 19.8 Å². The lowest BCUT2D eigenvalue weighted by molar-refractivity contribution is -0.137. The van der Waals surface area contributed by atoms with Crippen molar-refractivity contribution in [3.63, 3.8) is 0 Å². The van der Waals surface area contributed by atoms with Crippen LogP contribution in [0, 0.1) is 5.92 Å². The molecule has 0 aromatic heterocycles. The summed E-state index contributed by atoms with van der Waals surface area (Å²) in [7, 11) is 0. The second-order valence-corrected chi connectivity index (χ2v) is 5.02. The Morgan fingerprint density at radius 1 is 1.20 bits per heavy atom. The maximum atomic E-state index is 11.7. The van der Waals surface area contributed by atoms with Gasteiger partial charge in [0.25, 0.3) is 0 Å². The maximum absolute atomic E-state index is 11.7. The number of carboxylic acid groups (broad SMARTS) is 1. The molecule has 1 amide bonds. The van der Waals surface area contributed by atoms with Crippen molar-refractivity contribution in [2.75, 3.05) is 6.54 Å². The van der Waals surface area contributed by atoms with Gasteiger partial charge in [-0.2, -0.15) is 0 Å². The maximum Gasteiger partial charge on any atom is 0.303 e. The van der Waals surface area contributed by atoms with Crippen molar-refractivity contribution in [3.05, 3.63) is 29.8 Å². The Morgan fingerprint density at radius 2 is 1.85 bits per heavy atom. The van der Waals surface area contributed by atoms with Crippen LogP contribution in [-0.2, 0) is 16.0 Å². The number of hydrogen-bond donors (Lipinski definition) is 3. The van der Waals surface area contributed by atoms with Crippen molar-refractivity contribution >= 4 is 11.9 Å². The van der Waals surface area contributed by atoms with Crippen LogP contribution in [-0.4, -0.2) is 28.6 Å². The number of amides is 1. The Kier molecular flexibility index (Phi) is 6.56. The molecule has 0 heterocycles. The Balaban J connectivity index is 2.20. The molecule has 0 aliphatic heterocycles. The molecular weight excluding hydrogens is 258 g/mol. The third kappa shape index (κ3) is 6.78. The first kappa shape index (κ1) is 16.0. The highest BCUT2D eigenvalue weighted by Gasteiger charge is 2.07. The van der Waals surface area contributed by atoms with Gasteiger partial charge in [-0.25, -0.2) is 0 Å². The van der Waals surface area contributed by atoms with E-state index >= 15 is 0 Å². The van der Waals surface area contributed by atoms with Gasteiger partial charge in [0.05, 0.1) is 6.42 Å². The zero-order valence-electron chi connectivity index (χ0n) is 11.6. The molecule has 20 heavy (non-hydrogen) atoms.